The molecule has 68 heavy (non-hydrogen) atoms. The number of nitriles is 2. The Balaban J connectivity index is 1.00. The Bertz CT molecular complexity index is 2870. The molecule has 4 heterocycles. The predicted octanol–water partition coefficient (Wildman–Crippen LogP) is 6.68. The maximum Gasteiger partial charge on any atom is 0.416 e. The lowest BCUT2D eigenvalue weighted by Crippen LogP contribution is -2.47. The number of anilines is 2. The molecule has 15 nitrogen and oxygen atoms in total. The summed E-state index contributed by atoms with van der Waals surface area (Å²) in [5.41, 5.74) is -0.489. The SMILES string of the molecule is N#Cc1ccc([C@H]2NC(=O)N(c3cccc(C(F)(F)F)c3)C3=C2C(=O)N(CCCN(CCN2CC4=C(C2=O)[C@@H](c2ccc(C#N)cc2)NC(=O)N4c2cccc(C(F)(F)F)c2)CC(=O)O)C3)cc1. The van der Waals surface area contributed by atoms with Crippen LogP contribution < -0.4 is 20.4 Å². The maximum absolute atomic E-state index is 14.3. The van der Waals surface area contributed by atoms with Crippen LogP contribution in [0.5, 0.6) is 0 Å². The molecule has 0 aromatic heterocycles. The van der Waals surface area contributed by atoms with E-state index in [2.05, 4.69) is 10.6 Å². The van der Waals surface area contributed by atoms with E-state index < -0.39 is 72.0 Å². The fourth-order valence-corrected chi connectivity index (χ4v) is 8.75. The molecular weight excluding hydrogens is 901 g/mol. The summed E-state index contributed by atoms with van der Waals surface area (Å²) in [5, 5.41) is 34.0. The van der Waals surface area contributed by atoms with Crippen LogP contribution in [-0.2, 0) is 26.7 Å². The van der Waals surface area contributed by atoms with Gasteiger partial charge in [-0.3, -0.25) is 29.1 Å². The molecule has 348 valence electrons. The lowest BCUT2D eigenvalue weighted by molar-refractivity contribution is -0.139. The topological polar surface area (TPSA) is 193 Å². The molecule has 0 bridgehead atoms. The van der Waals surface area contributed by atoms with Gasteiger partial charge in [0, 0.05) is 26.2 Å². The number of carboxylic acid groups (broad SMARTS) is 1. The molecule has 2 atom stereocenters. The van der Waals surface area contributed by atoms with Crippen molar-refractivity contribution in [1.82, 2.24) is 25.3 Å². The van der Waals surface area contributed by atoms with Gasteiger partial charge in [0.1, 0.15) is 0 Å². The summed E-state index contributed by atoms with van der Waals surface area (Å²) in [5.74, 6) is -2.34. The molecule has 4 aromatic rings. The number of hydrogen-bond donors (Lipinski definition) is 3. The van der Waals surface area contributed by atoms with Crippen LogP contribution >= 0.6 is 0 Å². The van der Waals surface area contributed by atoms with Crippen LogP contribution in [0.1, 0.15) is 51.9 Å². The number of nitrogens with zero attached hydrogens (tertiary/aromatic N) is 7. The van der Waals surface area contributed by atoms with Crippen molar-refractivity contribution in [3.8, 4) is 12.1 Å². The van der Waals surface area contributed by atoms with E-state index in [9.17, 15) is 65.9 Å². The van der Waals surface area contributed by atoms with E-state index in [0.29, 0.717) is 22.3 Å². The first-order valence-corrected chi connectivity index (χ1v) is 20.9. The van der Waals surface area contributed by atoms with Crippen LogP contribution in [0, 0.1) is 22.7 Å². The molecule has 3 N–H and O–H groups in total. The molecule has 4 aliphatic rings. The number of carbonyl (C=O) groups is 5. The van der Waals surface area contributed by atoms with Crippen molar-refractivity contribution in [3.63, 3.8) is 0 Å². The van der Waals surface area contributed by atoms with E-state index in [0.717, 1.165) is 46.2 Å². The van der Waals surface area contributed by atoms with Crippen LogP contribution in [-0.4, -0.2) is 95.5 Å². The van der Waals surface area contributed by atoms with Crippen molar-refractivity contribution in [2.75, 3.05) is 55.6 Å². The third kappa shape index (κ3) is 9.16. The largest absolute Gasteiger partial charge is 0.480 e. The van der Waals surface area contributed by atoms with E-state index in [1.54, 1.807) is 24.3 Å². The van der Waals surface area contributed by atoms with Crippen LogP contribution in [0.2, 0.25) is 0 Å². The van der Waals surface area contributed by atoms with Crippen molar-refractivity contribution in [2.24, 2.45) is 0 Å². The highest BCUT2D eigenvalue weighted by Crippen LogP contribution is 2.42. The molecule has 4 aromatic carbocycles. The number of carbonyl (C=O) groups excluding carboxylic acids is 4. The Kier molecular flexibility index (Phi) is 12.4. The van der Waals surface area contributed by atoms with Crippen molar-refractivity contribution in [3.05, 3.63) is 153 Å². The van der Waals surface area contributed by atoms with Crippen LogP contribution in [0.25, 0.3) is 0 Å². The normalized spacial score (nSPS) is 18.4. The second-order valence-corrected chi connectivity index (χ2v) is 16.2. The zero-order valence-electron chi connectivity index (χ0n) is 35.4. The average molecular weight is 938 g/mol. The van der Waals surface area contributed by atoms with Gasteiger partial charge < -0.3 is 25.5 Å². The predicted molar refractivity (Wildman–Crippen MR) is 229 cm³/mol. The maximum atomic E-state index is 14.3. The first-order valence-electron chi connectivity index (χ1n) is 20.9. The molecule has 0 radical (unpaired) electrons. The van der Waals surface area contributed by atoms with Gasteiger partial charge in [0.25, 0.3) is 11.8 Å². The fraction of sp³-hybridized carbons (Fsp3) is 0.255. The fourth-order valence-electron chi connectivity index (χ4n) is 8.75. The highest BCUT2D eigenvalue weighted by molar-refractivity contribution is 6.08. The highest BCUT2D eigenvalue weighted by Gasteiger charge is 2.47. The minimum absolute atomic E-state index is 0.00282. The first-order chi connectivity index (χ1) is 32.4. The van der Waals surface area contributed by atoms with Gasteiger partial charge >= 0.3 is 30.4 Å². The van der Waals surface area contributed by atoms with Gasteiger partial charge in [0.2, 0.25) is 0 Å². The van der Waals surface area contributed by atoms with E-state index >= 15 is 0 Å². The third-order valence-electron chi connectivity index (χ3n) is 12.0. The van der Waals surface area contributed by atoms with Crippen molar-refractivity contribution >= 4 is 41.2 Å². The standard InChI is InChI=1S/C47H37F6N9O6/c48-46(49,50)31-4-1-6-33(20-31)61-35-24-59(42(65)38(35)40(56-44(61)67)29-12-8-27(22-54)9-13-29)17-3-16-58(26-37(63)64)18-19-60-25-36-39(43(60)66)41(30-14-10-28(23-55)11-15-30)57-45(68)62(36)34-7-2-5-32(21-34)47(51,52)53/h1-2,4-15,20-21,40-41H,3,16-19,24-26H2,(H,56,67)(H,57,68)(H,63,64)/t40-,41-/m1/s1. The average Bonchev–Trinajstić information content (AvgIpc) is 3.81. The summed E-state index contributed by atoms with van der Waals surface area (Å²) < 4.78 is 82.8. The molecule has 8 rings (SSSR count). The number of rotatable bonds is 13. The Hall–Kier alpha value is -8.17. The van der Waals surface area contributed by atoms with Crippen LogP contribution in [0.3, 0.4) is 0 Å². The molecular formula is C47H37F6N9O6. The van der Waals surface area contributed by atoms with Crippen LogP contribution in [0.4, 0.5) is 47.3 Å². The van der Waals surface area contributed by atoms with E-state index in [1.807, 2.05) is 12.1 Å². The molecule has 0 fully saturated rings. The van der Waals surface area contributed by atoms with Gasteiger partial charge in [0.15, 0.2) is 0 Å². The van der Waals surface area contributed by atoms with E-state index in [-0.39, 0.29) is 79.6 Å². The summed E-state index contributed by atoms with van der Waals surface area (Å²) >= 11 is 0. The second-order valence-electron chi connectivity index (χ2n) is 16.2. The quantitative estimate of drug-likeness (QED) is 0.123. The number of urea groups is 2. The summed E-state index contributed by atoms with van der Waals surface area (Å²) in [4.78, 5) is 74.4. The lowest BCUT2D eigenvalue weighted by atomic mass is 9.94. The van der Waals surface area contributed by atoms with Crippen molar-refractivity contribution in [1.29, 1.82) is 10.5 Å². The van der Waals surface area contributed by atoms with Gasteiger partial charge in [-0.1, -0.05) is 36.4 Å². The summed E-state index contributed by atoms with van der Waals surface area (Å²) in [6.45, 7) is -1.04. The summed E-state index contributed by atoms with van der Waals surface area (Å²) in [6.07, 6.45) is -9.33. The number of halogens is 6. The molecule has 0 aliphatic carbocycles. The minimum atomic E-state index is -4.74. The van der Waals surface area contributed by atoms with Gasteiger partial charge in [-0.2, -0.15) is 36.9 Å². The Labute approximate surface area is 383 Å². The lowest BCUT2D eigenvalue weighted by Gasteiger charge is -2.34. The highest BCUT2D eigenvalue weighted by atomic mass is 19.4. The van der Waals surface area contributed by atoms with Gasteiger partial charge in [-0.05, 0) is 78.2 Å². The summed E-state index contributed by atoms with van der Waals surface area (Å²) in [6, 6.07) is 20.6. The Morgan fingerprint density at radius 2 is 1.07 bits per heavy atom. The van der Waals surface area contributed by atoms with Gasteiger partial charge in [-0.15, -0.1) is 0 Å². The van der Waals surface area contributed by atoms with E-state index in [1.165, 1.54) is 51.1 Å². The molecule has 0 spiro atoms. The van der Waals surface area contributed by atoms with E-state index in [4.69, 9.17) is 0 Å². The van der Waals surface area contributed by atoms with Crippen LogP contribution in [0.15, 0.2) is 120 Å². The first kappa shape index (κ1) is 46.4. The number of carboxylic acids is 1. The number of hydrogen-bond acceptors (Lipinski definition) is 8. The molecule has 4 aliphatic heterocycles. The van der Waals surface area contributed by atoms with Crippen molar-refractivity contribution < 1.29 is 55.4 Å². The minimum Gasteiger partial charge on any atom is -0.480 e. The Morgan fingerprint density at radius 3 is 1.47 bits per heavy atom. The number of aliphatic carboxylic acids is 1. The third-order valence-corrected chi connectivity index (χ3v) is 12.0. The van der Waals surface area contributed by atoms with Crippen molar-refractivity contribution in [2.45, 2.75) is 30.9 Å². The molecule has 21 heteroatoms. The smallest absolute Gasteiger partial charge is 0.416 e. The number of nitrogens with one attached hydrogen (secondary N) is 2. The molecule has 0 unspecified atom stereocenters. The summed E-state index contributed by atoms with van der Waals surface area (Å²) in [7, 11) is 0. The molecule has 6 amide bonds. The number of alkyl halides is 6. The molecule has 0 saturated carbocycles. The Morgan fingerprint density at radius 1 is 0.647 bits per heavy atom. The van der Waals surface area contributed by atoms with Gasteiger partial charge in [-0.25, -0.2) is 9.59 Å². The number of benzene rings is 4. The number of amides is 6. The monoisotopic (exact) mass is 937 g/mol. The van der Waals surface area contributed by atoms with Gasteiger partial charge in [0.05, 0.1) is 100 Å². The molecule has 0 saturated heterocycles. The second kappa shape index (κ2) is 18.2. The zero-order valence-corrected chi connectivity index (χ0v) is 35.4. The zero-order chi connectivity index (χ0) is 48.7.